The Bertz CT molecular complexity index is 639. The molecule has 0 bridgehead atoms. The van der Waals surface area contributed by atoms with E-state index < -0.39 is 0 Å². The van der Waals surface area contributed by atoms with Crippen LogP contribution in [-0.2, 0) is 5.88 Å². The second-order valence-electron chi connectivity index (χ2n) is 4.69. The number of aromatic amines is 1. The summed E-state index contributed by atoms with van der Waals surface area (Å²) in [5.74, 6) is 1.43. The maximum Gasteiger partial charge on any atom is 0.223 e. The summed E-state index contributed by atoms with van der Waals surface area (Å²) in [6.07, 6.45) is 2.24. The molecule has 0 aliphatic heterocycles. The molecule has 1 aromatic heterocycles. The molecule has 1 aromatic carbocycles. The lowest BCUT2D eigenvalue weighted by molar-refractivity contribution is 0.245. The third kappa shape index (κ3) is 4.83. The van der Waals surface area contributed by atoms with Crippen LogP contribution in [-0.4, -0.2) is 18.2 Å². The van der Waals surface area contributed by atoms with Gasteiger partial charge >= 0.3 is 0 Å². The maximum absolute atomic E-state index is 11.7. The fraction of sp³-hybridized carbons (Fsp3) is 0.312. The minimum atomic E-state index is -0.163. The summed E-state index contributed by atoms with van der Waals surface area (Å²) < 4.78 is 11.0. The number of nitrogens with one attached hydrogen (secondary N) is 1. The van der Waals surface area contributed by atoms with Crippen molar-refractivity contribution in [3.05, 3.63) is 58.0 Å². The van der Waals surface area contributed by atoms with Crippen molar-refractivity contribution in [2.75, 3.05) is 13.2 Å². The molecule has 2 rings (SSSR count). The first-order valence-corrected chi connectivity index (χ1v) is 7.32. The first-order valence-electron chi connectivity index (χ1n) is 6.79. The van der Waals surface area contributed by atoms with Gasteiger partial charge in [0, 0.05) is 24.4 Å². The van der Waals surface area contributed by atoms with Gasteiger partial charge in [-0.3, -0.25) is 4.79 Å². The second kappa shape index (κ2) is 7.74. The van der Waals surface area contributed by atoms with Crippen molar-refractivity contribution in [1.29, 1.82) is 0 Å². The number of hydrogen-bond acceptors (Lipinski definition) is 3. The molecule has 0 fully saturated rings. The summed E-state index contributed by atoms with van der Waals surface area (Å²) in [5.41, 5.74) is 1.68. The first kappa shape index (κ1) is 15.4. The molecule has 0 aliphatic carbocycles. The van der Waals surface area contributed by atoms with E-state index in [-0.39, 0.29) is 11.3 Å². The Morgan fingerprint density at radius 3 is 2.71 bits per heavy atom. The van der Waals surface area contributed by atoms with Crippen LogP contribution >= 0.6 is 11.6 Å². The molecule has 2 aromatic rings. The van der Waals surface area contributed by atoms with E-state index in [1.165, 1.54) is 6.07 Å². The van der Waals surface area contributed by atoms with E-state index in [0.29, 0.717) is 31.1 Å². The third-order valence-electron chi connectivity index (χ3n) is 2.89. The summed E-state index contributed by atoms with van der Waals surface area (Å²) in [5, 5.41) is 0. The molecule has 4 nitrogen and oxygen atoms in total. The molecule has 21 heavy (non-hydrogen) atoms. The van der Waals surface area contributed by atoms with Gasteiger partial charge in [-0.15, -0.1) is 11.6 Å². The van der Waals surface area contributed by atoms with Gasteiger partial charge in [-0.25, -0.2) is 0 Å². The minimum absolute atomic E-state index is 0.163. The fourth-order valence-electron chi connectivity index (χ4n) is 1.83. The van der Waals surface area contributed by atoms with Crippen LogP contribution in [0.2, 0.25) is 0 Å². The molecular weight excluding hydrogens is 290 g/mol. The van der Waals surface area contributed by atoms with Gasteiger partial charge in [0.05, 0.1) is 19.1 Å². The number of H-pyrrole nitrogens is 1. The van der Waals surface area contributed by atoms with E-state index >= 15 is 0 Å². The van der Waals surface area contributed by atoms with Crippen LogP contribution < -0.4 is 14.9 Å². The lowest BCUT2D eigenvalue weighted by Gasteiger charge is -2.08. The molecule has 0 aliphatic rings. The fourth-order valence-corrected chi connectivity index (χ4v) is 1.98. The zero-order chi connectivity index (χ0) is 15.1. The molecule has 112 valence electrons. The third-order valence-corrected chi connectivity index (χ3v) is 3.17. The molecule has 1 N–H and O–H groups in total. The van der Waals surface area contributed by atoms with Crippen molar-refractivity contribution >= 4 is 11.6 Å². The van der Waals surface area contributed by atoms with Crippen LogP contribution in [0.4, 0.5) is 0 Å². The van der Waals surface area contributed by atoms with E-state index in [1.54, 1.807) is 6.20 Å². The number of hydrogen-bond donors (Lipinski definition) is 1. The Labute approximate surface area is 128 Å². The van der Waals surface area contributed by atoms with Crippen molar-refractivity contribution in [2.24, 2.45) is 0 Å². The molecule has 0 saturated carbocycles. The van der Waals surface area contributed by atoms with Gasteiger partial charge in [0.2, 0.25) is 5.43 Å². The van der Waals surface area contributed by atoms with Crippen LogP contribution in [0, 0.1) is 6.92 Å². The topological polar surface area (TPSA) is 51.3 Å². The predicted molar refractivity (Wildman–Crippen MR) is 83.4 cm³/mol. The molecule has 0 spiro atoms. The van der Waals surface area contributed by atoms with Crippen LogP contribution in [0.25, 0.3) is 0 Å². The maximum atomic E-state index is 11.7. The average molecular weight is 308 g/mol. The van der Waals surface area contributed by atoms with Crippen molar-refractivity contribution in [3.63, 3.8) is 0 Å². The van der Waals surface area contributed by atoms with Crippen LogP contribution in [0.3, 0.4) is 0 Å². The molecule has 0 radical (unpaired) electrons. The molecule has 0 unspecified atom stereocenters. The zero-order valence-electron chi connectivity index (χ0n) is 11.9. The van der Waals surface area contributed by atoms with Crippen molar-refractivity contribution < 1.29 is 9.47 Å². The van der Waals surface area contributed by atoms with Crippen LogP contribution in [0.1, 0.15) is 17.7 Å². The molecule has 1 heterocycles. The largest absolute Gasteiger partial charge is 0.493 e. The number of alkyl halides is 1. The van der Waals surface area contributed by atoms with Crippen molar-refractivity contribution in [3.8, 4) is 11.5 Å². The van der Waals surface area contributed by atoms with E-state index in [0.717, 1.165) is 11.3 Å². The van der Waals surface area contributed by atoms with E-state index in [1.807, 2.05) is 31.2 Å². The smallest absolute Gasteiger partial charge is 0.223 e. The summed E-state index contributed by atoms with van der Waals surface area (Å²) in [6, 6.07) is 9.33. The Kier molecular flexibility index (Phi) is 5.69. The van der Waals surface area contributed by atoms with Gasteiger partial charge in [0.25, 0.3) is 0 Å². The van der Waals surface area contributed by atoms with Gasteiger partial charge < -0.3 is 14.5 Å². The minimum Gasteiger partial charge on any atom is -0.493 e. The highest BCUT2D eigenvalue weighted by Crippen LogP contribution is 2.12. The van der Waals surface area contributed by atoms with Gasteiger partial charge in [-0.2, -0.15) is 0 Å². The van der Waals surface area contributed by atoms with E-state index in [9.17, 15) is 4.79 Å². The quantitative estimate of drug-likeness (QED) is 0.631. The number of aryl methyl sites for hydroxylation is 1. The Hall–Kier alpha value is -1.94. The standard InChI is InChI=1S/C16H18ClNO3/c1-12-4-2-5-14(8-12)20-6-3-7-21-16-11-18-13(10-17)9-15(16)19/h2,4-5,8-9,11H,3,6-7,10H2,1H3,(H,18,19). The molecule has 0 amide bonds. The Balaban J connectivity index is 1.74. The van der Waals surface area contributed by atoms with Gasteiger partial charge in [0.15, 0.2) is 5.75 Å². The summed E-state index contributed by atoms with van der Waals surface area (Å²) in [7, 11) is 0. The van der Waals surface area contributed by atoms with Gasteiger partial charge in [-0.05, 0) is 24.6 Å². The van der Waals surface area contributed by atoms with Crippen molar-refractivity contribution in [2.45, 2.75) is 19.2 Å². The first-order chi connectivity index (χ1) is 10.2. The van der Waals surface area contributed by atoms with E-state index in [2.05, 4.69) is 4.98 Å². The van der Waals surface area contributed by atoms with Crippen LogP contribution in [0.5, 0.6) is 11.5 Å². The van der Waals surface area contributed by atoms with Gasteiger partial charge in [-0.1, -0.05) is 12.1 Å². The van der Waals surface area contributed by atoms with Crippen LogP contribution in [0.15, 0.2) is 41.3 Å². The predicted octanol–water partition coefficient (Wildman–Crippen LogP) is 3.27. The highest BCUT2D eigenvalue weighted by molar-refractivity contribution is 6.16. The number of halogens is 1. The molecule has 0 saturated heterocycles. The summed E-state index contributed by atoms with van der Waals surface area (Å²) in [6.45, 7) is 2.99. The highest BCUT2D eigenvalue weighted by atomic mass is 35.5. The Morgan fingerprint density at radius 2 is 2.00 bits per heavy atom. The molecule has 5 heteroatoms. The lowest BCUT2D eigenvalue weighted by Crippen LogP contribution is -2.12. The summed E-state index contributed by atoms with van der Waals surface area (Å²) >= 11 is 5.64. The number of benzene rings is 1. The monoisotopic (exact) mass is 307 g/mol. The number of pyridine rings is 1. The lowest BCUT2D eigenvalue weighted by atomic mass is 10.2. The van der Waals surface area contributed by atoms with E-state index in [4.69, 9.17) is 21.1 Å². The zero-order valence-corrected chi connectivity index (χ0v) is 12.7. The van der Waals surface area contributed by atoms with Crippen molar-refractivity contribution in [1.82, 2.24) is 4.98 Å². The molecular formula is C16H18ClNO3. The van der Waals surface area contributed by atoms with Gasteiger partial charge in [0.1, 0.15) is 5.75 Å². The molecule has 0 atom stereocenters. The number of aromatic nitrogens is 1. The second-order valence-corrected chi connectivity index (χ2v) is 4.95. The Morgan fingerprint density at radius 1 is 1.19 bits per heavy atom. The SMILES string of the molecule is Cc1cccc(OCCCOc2c[nH]c(CCl)cc2=O)c1. The number of ether oxygens (including phenoxy) is 2. The number of rotatable bonds is 7. The highest BCUT2D eigenvalue weighted by Gasteiger charge is 2.02. The average Bonchev–Trinajstić information content (AvgIpc) is 2.48. The normalized spacial score (nSPS) is 10.4. The summed E-state index contributed by atoms with van der Waals surface area (Å²) in [4.78, 5) is 14.6.